The Bertz CT molecular complexity index is 416. The molecule has 3 rings (SSSR count). The largest absolute Gasteiger partial charge is 0.369 e. The zero-order valence-electron chi connectivity index (χ0n) is 13.6. The molecular formula is C17H30N3O2+. The number of rotatable bonds is 3. The van der Waals surface area contributed by atoms with Crippen LogP contribution in [0.1, 0.15) is 51.4 Å². The van der Waals surface area contributed by atoms with Crippen LogP contribution in [-0.2, 0) is 9.59 Å². The van der Waals surface area contributed by atoms with Gasteiger partial charge in [0, 0.05) is 31.3 Å². The Morgan fingerprint density at radius 2 is 1.68 bits per heavy atom. The summed E-state index contributed by atoms with van der Waals surface area (Å²) in [6.07, 6.45) is 9.29. The molecule has 0 radical (unpaired) electrons. The summed E-state index contributed by atoms with van der Waals surface area (Å²) in [5.41, 5.74) is 5.38. The van der Waals surface area contributed by atoms with Gasteiger partial charge in [0.25, 0.3) is 5.91 Å². The lowest BCUT2D eigenvalue weighted by Crippen LogP contribution is -3.14. The van der Waals surface area contributed by atoms with Crippen molar-refractivity contribution in [3.05, 3.63) is 0 Å². The van der Waals surface area contributed by atoms with Crippen LogP contribution in [0.25, 0.3) is 0 Å². The van der Waals surface area contributed by atoms with Crippen LogP contribution in [0.2, 0.25) is 0 Å². The number of hydrogen-bond donors (Lipinski definition) is 2. The zero-order valence-corrected chi connectivity index (χ0v) is 13.6. The van der Waals surface area contributed by atoms with E-state index in [0.29, 0.717) is 18.5 Å². The van der Waals surface area contributed by atoms with Crippen molar-refractivity contribution in [2.75, 3.05) is 26.2 Å². The first kappa shape index (κ1) is 15.8. The lowest BCUT2D eigenvalue weighted by molar-refractivity contribution is -0.898. The average Bonchev–Trinajstić information content (AvgIpc) is 2.54. The molecule has 5 heteroatoms. The summed E-state index contributed by atoms with van der Waals surface area (Å²) < 4.78 is 0. The van der Waals surface area contributed by atoms with Gasteiger partial charge < -0.3 is 15.5 Å². The molecule has 0 aromatic carbocycles. The Morgan fingerprint density at radius 1 is 1.00 bits per heavy atom. The van der Waals surface area contributed by atoms with Gasteiger partial charge in [0.2, 0.25) is 5.91 Å². The van der Waals surface area contributed by atoms with Crippen molar-refractivity contribution in [2.24, 2.45) is 17.6 Å². The Balaban J connectivity index is 1.52. The predicted octanol–water partition coefficient (Wildman–Crippen LogP) is -0.0522. The molecule has 2 atom stereocenters. The fraction of sp³-hybridized carbons (Fsp3) is 0.882. The number of fused-ring (bicyclic) bond motifs is 1. The summed E-state index contributed by atoms with van der Waals surface area (Å²) >= 11 is 0. The highest BCUT2D eigenvalue weighted by Crippen LogP contribution is 2.35. The molecule has 0 bridgehead atoms. The topological polar surface area (TPSA) is 67.8 Å². The van der Waals surface area contributed by atoms with E-state index in [-0.39, 0.29) is 11.8 Å². The fourth-order valence-electron chi connectivity index (χ4n) is 4.74. The molecule has 2 amide bonds. The van der Waals surface area contributed by atoms with Crippen molar-refractivity contribution in [2.45, 2.75) is 57.4 Å². The second-order valence-electron chi connectivity index (χ2n) is 7.44. The molecule has 0 unspecified atom stereocenters. The van der Waals surface area contributed by atoms with Crippen LogP contribution < -0.4 is 10.6 Å². The molecule has 3 fully saturated rings. The minimum atomic E-state index is -0.175. The van der Waals surface area contributed by atoms with Crippen molar-refractivity contribution in [1.29, 1.82) is 0 Å². The first-order valence-corrected chi connectivity index (χ1v) is 9.07. The number of nitrogens with two attached hydrogens (primary N) is 1. The summed E-state index contributed by atoms with van der Waals surface area (Å²) in [6.45, 7) is 3.37. The van der Waals surface area contributed by atoms with Crippen LogP contribution in [0.4, 0.5) is 0 Å². The van der Waals surface area contributed by atoms with Gasteiger partial charge in [0.15, 0.2) is 6.54 Å². The number of nitrogens with zero attached hydrogens (tertiary/aromatic N) is 1. The average molecular weight is 308 g/mol. The van der Waals surface area contributed by atoms with E-state index in [0.717, 1.165) is 38.4 Å². The number of primary amides is 1. The summed E-state index contributed by atoms with van der Waals surface area (Å²) in [5, 5.41) is 0. The molecule has 3 N–H and O–H groups in total. The Labute approximate surface area is 133 Å². The first-order valence-electron chi connectivity index (χ1n) is 9.07. The molecule has 0 aromatic rings. The fourth-order valence-corrected chi connectivity index (χ4v) is 4.74. The normalized spacial score (nSPS) is 35.7. The third-order valence-electron chi connectivity index (χ3n) is 6.06. The number of quaternary nitrogens is 1. The lowest BCUT2D eigenvalue weighted by Gasteiger charge is -2.44. The standard InChI is InChI=1S/C17H29N3O2/c18-17(22)14-7-10-19(11-8-14)12-16(21)20-9-3-5-13-4-1-2-6-15(13)20/h13-15H,1-12H2,(H2,18,22)/p+1/t13-,15+/m1/s1. The molecular weight excluding hydrogens is 278 g/mol. The number of likely N-dealkylation sites (tertiary alicyclic amines) is 2. The van der Waals surface area contributed by atoms with E-state index in [1.54, 1.807) is 0 Å². The van der Waals surface area contributed by atoms with E-state index < -0.39 is 0 Å². The SMILES string of the molecule is NC(=O)C1CC[NH+](CC(=O)N2CCC[C@H]3CCCC[C@@H]32)CC1. The highest BCUT2D eigenvalue weighted by Gasteiger charge is 2.37. The van der Waals surface area contributed by atoms with E-state index >= 15 is 0 Å². The van der Waals surface area contributed by atoms with Gasteiger partial charge in [-0.3, -0.25) is 9.59 Å². The van der Waals surface area contributed by atoms with Crippen molar-refractivity contribution < 1.29 is 14.5 Å². The van der Waals surface area contributed by atoms with Gasteiger partial charge >= 0.3 is 0 Å². The molecule has 1 saturated carbocycles. The van der Waals surface area contributed by atoms with E-state index in [2.05, 4.69) is 4.90 Å². The van der Waals surface area contributed by atoms with Crippen LogP contribution >= 0.6 is 0 Å². The van der Waals surface area contributed by atoms with Crippen molar-refractivity contribution >= 4 is 11.8 Å². The smallest absolute Gasteiger partial charge is 0.278 e. The molecule has 1 aliphatic carbocycles. The molecule has 5 nitrogen and oxygen atoms in total. The number of nitrogens with one attached hydrogen (secondary N) is 1. The molecule has 124 valence electrons. The second-order valence-corrected chi connectivity index (χ2v) is 7.44. The first-order chi connectivity index (χ1) is 10.6. The van der Waals surface area contributed by atoms with Gasteiger partial charge in [-0.15, -0.1) is 0 Å². The number of amides is 2. The van der Waals surface area contributed by atoms with Gasteiger partial charge in [-0.1, -0.05) is 12.8 Å². The van der Waals surface area contributed by atoms with Gasteiger partial charge in [-0.2, -0.15) is 0 Å². The van der Waals surface area contributed by atoms with Crippen molar-refractivity contribution in [3.63, 3.8) is 0 Å². The lowest BCUT2D eigenvalue weighted by atomic mass is 9.78. The Kier molecular flexibility index (Phi) is 5.01. The Hall–Kier alpha value is -1.10. The maximum Gasteiger partial charge on any atom is 0.278 e. The van der Waals surface area contributed by atoms with Crippen LogP contribution in [-0.4, -0.2) is 48.9 Å². The van der Waals surface area contributed by atoms with Gasteiger partial charge in [0.1, 0.15) is 0 Å². The molecule has 2 heterocycles. The maximum atomic E-state index is 12.8. The van der Waals surface area contributed by atoms with E-state index in [1.165, 1.54) is 43.4 Å². The molecule has 2 aliphatic heterocycles. The summed E-state index contributed by atoms with van der Waals surface area (Å²) in [4.78, 5) is 27.5. The molecule has 0 aromatic heterocycles. The molecule has 2 saturated heterocycles. The summed E-state index contributed by atoms with van der Waals surface area (Å²) in [5.74, 6) is 0.939. The summed E-state index contributed by atoms with van der Waals surface area (Å²) in [6, 6.07) is 0.512. The van der Waals surface area contributed by atoms with Crippen LogP contribution in [0, 0.1) is 11.8 Å². The van der Waals surface area contributed by atoms with E-state index in [1.807, 2.05) is 0 Å². The van der Waals surface area contributed by atoms with E-state index in [4.69, 9.17) is 5.73 Å². The maximum absolute atomic E-state index is 12.8. The zero-order chi connectivity index (χ0) is 15.5. The molecule has 3 aliphatic rings. The summed E-state index contributed by atoms with van der Waals surface area (Å²) in [7, 11) is 0. The van der Waals surface area contributed by atoms with Crippen LogP contribution in [0.3, 0.4) is 0 Å². The monoisotopic (exact) mass is 308 g/mol. The van der Waals surface area contributed by atoms with Gasteiger partial charge in [0.05, 0.1) is 13.1 Å². The number of carbonyl (C=O) groups excluding carboxylic acids is 2. The van der Waals surface area contributed by atoms with Crippen LogP contribution in [0.5, 0.6) is 0 Å². The second kappa shape index (κ2) is 6.99. The highest BCUT2D eigenvalue weighted by atomic mass is 16.2. The predicted molar refractivity (Wildman–Crippen MR) is 84.2 cm³/mol. The quantitative estimate of drug-likeness (QED) is 0.767. The highest BCUT2D eigenvalue weighted by molar-refractivity contribution is 5.78. The Morgan fingerprint density at radius 3 is 2.41 bits per heavy atom. The minimum Gasteiger partial charge on any atom is -0.369 e. The third-order valence-corrected chi connectivity index (χ3v) is 6.06. The molecule has 0 spiro atoms. The number of carbonyl (C=O) groups is 2. The van der Waals surface area contributed by atoms with Gasteiger partial charge in [-0.25, -0.2) is 0 Å². The van der Waals surface area contributed by atoms with Crippen LogP contribution in [0.15, 0.2) is 0 Å². The van der Waals surface area contributed by atoms with Crippen molar-refractivity contribution in [3.8, 4) is 0 Å². The number of hydrogen-bond acceptors (Lipinski definition) is 2. The molecule has 22 heavy (non-hydrogen) atoms. The minimum absolute atomic E-state index is 0.0246. The third kappa shape index (κ3) is 3.45. The van der Waals surface area contributed by atoms with Gasteiger partial charge in [-0.05, 0) is 31.6 Å². The number of piperidine rings is 2. The van der Waals surface area contributed by atoms with Crippen molar-refractivity contribution in [1.82, 2.24) is 4.90 Å². The van der Waals surface area contributed by atoms with E-state index in [9.17, 15) is 9.59 Å².